The highest BCUT2D eigenvalue weighted by Gasteiger charge is 2.46. The summed E-state index contributed by atoms with van der Waals surface area (Å²) >= 11 is 24.2. The van der Waals surface area contributed by atoms with Gasteiger partial charge in [-0.3, -0.25) is 29.0 Å². The van der Waals surface area contributed by atoms with Gasteiger partial charge in [-0.1, -0.05) is 46.4 Å². The zero-order chi connectivity index (χ0) is 25.7. The molecule has 3 aliphatic heterocycles. The largest absolute Gasteiger partial charge is 0.289 e. The number of piperazine rings is 1. The first-order valence-electron chi connectivity index (χ1n) is 11.3. The van der Waals surface area contributed by atoms with Crippen molar-refractivity contribution in [1.29, 1.82) is 0 Å². The number of rotatable bonds is 4. The molecule has 2 atom stereocenters. The maximum absolute atomic E-state index is 13.2. The van der Waals surface area contributed by atoms with Crippen LogP contribution in [0.4, 0.5) is 11.4 Å². The molecule has 0 saturated carbocycles. The molecule has 2 aromatic carbocycles. The Balaban J connectivity index is 1.25. The van der Waals surface area contributed by atoms with Gasteiger partial charge >= 0.3 is 0 Å². The lowest BCUT2D eigenvalue weighted by molar-refractivity contribution is -0.126. The molecule has 5 rings (SSSR count). The van der Waals surface area contributed by atoms with E-state index in [1.165, 1.54) is 36.4 Å². The molecule has 8 nitrogen and oxygen atoms in total. The van der Waals surface area contributed by atoms with Gasteiger partial charge in [0.15, 0.2) is 0 Å². The Kier molecular flexibility index (Phi) is 7.02. The number of carbonyl (C=O) groups excluding carboxylic acids is 4. The maximum Gasteiger partial charge on any atom is 0.251 e. The van der Waals surface area contributed by atoms with Crippen LogP contribution >= 0.6 is 46.4 Å². The van der Waals surface area contributed by atoms with Crippen molar-refractivity contribution in [3.8, 4) is 0 Å². The van der Waals surface area contributed by atoms with E-state index in [4.69, 9.17) is 46.4 Å². The monoisotopic (exact) mass is 568 g/mol. The summed E-state index contributed by atoms with van der Waals surface area (Å²) in [4.78, 5) is 57.9. The number of nitrogens with zero attached hydrogens (tertiary/aromatic N) is 4. The average Bonchev–Trinajstić information content (AvgIpc) is 3.26. The van der Waals surface area contributed by atoms with Crippen molar-refractivity contribution in [2.24, 2.45) is 0 Å². The topological polar surface area (TPSA) is 81.2 Å². The Morgan fingerprint density at radius 2 is 0.833 bits per heavy atom. The molecular weight excluding hydrogens is 550 g/mol. The summed E-state index contributed by atoms with van der Waals surface area (Å²) in [5, 5.41) is 1.33. The van der Waals surface area contributed by atoms with Gasteiger partial charge in [0.2, 0.25) is 11.8 Å². The van der Waals surface area contributed by atoms with Gasteiger partial charge in [-0.15, -0.1) is 0 Å². The number of anilines is 2. The molecule has 2 aromatic rings. The summed E-state index contributed by atoms with van der Waals surface area (Å²) in [5.74, 6) is -1.30. The molecule has 0 radical (unpaired) electrons. The lowest BCUT2D eigenvalue weighted by Gasteiger charge is -2.38. The zero-order valence-electron chi connectivity index (χ0n) is 18.8. The molecule has 0 N–H and O–H groups in total. The van der Waals surface area contributed by atoms with Crippen LogP contribution in [0, 0.1) is 0 Å². The third-order valence-electron chi connectivity index (χ3n) is 6.69. The van der Waals surface area contributed by atoms with Crippen LogP contribution in [0.5, 0.6) is 0 Å². The predicted molar refractivity (Wildman–Crippen MR) is 138 cm³/mol. The molecule has 0 spiro atoms. The quantitative estimate of drug-likeness (QED) is 0.520. The van der Waals surface area contributed by atoms with Crippen molar-refractivity contribution in [3.63, 3.8) is 0 Å². The van der Waals surface area contributed by atoms with E-state index in [-0.39, 0.29) is 36.5 Å². The van der Waals surface area contributed by atoms with Crippen molar-refractivity contribution in [1.82, 2.24) is 9.80 Å². The van der Waals surface area contributed by atoms with E-state index in [0.717, 1.165) is 9.80 Å². The van der Waals surface area contributed by atoms with Gasteiger partial charge in [-0.2, -0.15) is 0 Å². The molecule has 188 valence electrons. The zero-order valence-corrected chi connectivity index (χ0v) is 21.8. The Bertz CT molecular complexity index is 1140. The van der Waals surface area contributed by atoms with E-state index in [0.29, 0.717) is 57.6 Å². The minimum atomic E-state index is -0.608. The molecule has 0 aromatic heterocycles. The molecule has 4 amide bonds. The van der Waals surface area contributed by atoms with E-state index in [9.17, 15) is 19.2 Å². The van der Waals surface area contributed by atoms with E-state index >= 15 is 0 Å². The Morgan fingerprint density at radius 1 is 0.528 bits per heavy atom. The van der Waals surface area contributed by atoms with E-state index in [1.807, 2.05) is 9.80 Å². The smallest absolute Gasteiger partial charge is 0.251 e. The number of hydrogen-bond donors (Lipinski definition) is 0. The third kappa shape index (κ3) is 4.74. The summed E-state index contributed by atoms with van der Waals surface area (Å²) in [6, 6.07) is 7.98. The first-order valence-corrected chi connectivity index (χ1v) is 12.8. The molecule has 0 aliphatic carbocycles. The molecule has 12 heteroatoms. The minimum Gasteiger partial charge on any atom is -0.289 e. The molecule has 3 fully saturated rings. The number of carbonyl (C=O) groups is 4. The van der Waals surface area contributed by atoms with Crippen molar-refractivity contribution in [2.75, 3.05) is 36.0 Å². The summed E-state index contributed by atoms with van der Waals surface area (Å²) in [7, 11) is 0. The highest BCUT2D eigenvalue weighted by Crippen LogP contribution is 2.33. The highest BCUT2D eigenvalue weighted by atomic mass is 35.5. The fourth-order valence-corrected chi connectivity index (χ4v) is 6.07. The highest BCUT2D eigenvalue weighted by molar-refractivity contribution is 6.36. The van der Waals surface area contributed by atoms with Gasteiger partial charge in [0.25, 0.3) is 11.8 Å². The van der Waals surface area contributed by atoms with Gasteiger partial charge < -0.3 is 0 Å². The second-order valence-corrected chi connectivity index (χ2v) is 10.6. The van der Waals surface area contributed by atoms with Crippen molar-refractivity contribution >= 4 is 81.4 Å². The first kappa shape index (κ1) is 25.4. The number of halogens is 4. The minimum absolute atomic E-state index is 0.0487. The third-order valence-corrected chi connectivity index (χ3v) is 7.56. The summed E-state index contributed by atoms with van der Waals surface area (Å²) in [6.07, 6.45) is 0.0974. The number of hydrogen-bond acceptors (Lipinski definition) is 6. The molecule has 0 unspecified atom stereocenters. The summed E-state index contributed by atoms with van der Waals surface area (Å²) in [6.45, 7) is 1.87. The van der Waals surface area contributed by atoms with E-state index < -0.39 is 12.1 Å². The molecule has 3 aliphatic rings. The van der Waals surface area contributed by atoms with Gasteiger partial charge in [0.05, 0.1) is 36.3 Å². The van der Waals surface area contributed by atoms with Crippen LogP contribution in [0.3, 0.4) is 0 Å². The molecule has 3 heterocycles. The fourth-order valence-electron chi connectivity index (χ4n) is 5.04. The number of benzene rings is 2. The van der Waals surface area contributed by atoms with Crippen LogP contribution < -0.4 is 9.80 Å². The number of imide groups is 2. The molecule has 36 heavy (non-hydrogen) atoms. The average molecular weight is 570 g/mol. The predicted octanol–water partition coefficient (Wildman–Crippen LogP) is 3.88. The lowest BCUT2D eigenvalue weighted by atomic mass is 10.1. The van der Waals surface area contributed by atoms with Gasteiger partial charge in [0, 0.05) is 46.3 Å². The summed E-state index contributed by atoms with van der Waals surface area (Å²) < 4.78 is 0. The van der Waals surface area contributed by atoms with Crippen molar-refractivity contribution in [3.05, 3.63) is 56.5 Å². The second-order valence-electron chi connectivity index (χ2n) is 8.90. The van der Waals surface area contributed by atoms with Crippen LogP contribution in [0.1, 0.15) is 12.8 Å². The van der Waals surface area contributed by atoms with Crippen LogP contribution in [0.15, 0.2) is 36.4 Å². The molecular formula is C24H20Cl4N4O4. The maximum atomic E-state index is 13.2. The normalized spacial score (nSPS) is 23.9. The standard InChI is InChI=1S/C24H20Cl4N4O4/c25-13-5-14(26)8-17(7-13)31-21(33)11-19(23(31)35)29-1-2-30(4-3-29)20-12-22(34)32(24(20)36)18-9-15(27)6-16(28)10-18/h5-10,19-20H,1-4,11-12H2/t19-,20-/m1/s1. The Morgan fingerprint density at radius 3 is 1.14 bits per heavy atom. The number of amides is 4. The van der Waals surface area contributed by atoms with Gasteiger partial charge in [0.1, 0.15) is 0 Å². The van der Waals surface area contributed by atoms with Crippen LogP contribution in [0.2, 0.25) is 20.1 Å². The Labute approximate surface area is 227 Å². The van der Waals surface area contributed by atoms with Crippen LogP contribution in [0.25, 0.3) is 0 Å². The van der Waals surface area contributed by atoms with Crippen molar-refractivity contribution < 1.29 is 19.2 Å². The fraction of sp³-hybridized carbons (Fsp3) is 0.333. The SMILES string of the molecule is O=C1C[C@@H](N2CCN([C@@H]3CC(=O)N(c4cc(Cl)cc(Cl)c4)C3=O)CC2)C(=O)N1c1cc(Cl)cc(Cl)c1. The van der Waals surface area contributed by atoms with Crippen LogP contribution in [-0.2, 0) is 19.2 Å². The van der Waals surface area contributed by atoms with Gasteiger partial charge in [-0.05, 0) is 36.4 Å². The van der Waals surface area contributed by atoms with Crippen LogP contribution in [-0.4, -0.2) is 71.7 Å². The summed E-state index contributed by atoms with van der Waals surface area (Å²) in [5.41, 5.74) is 0.694. The lowest BCUT2D eigenvalue weighted by Crippen LogP contribution is -2.56. The van der Waals surface area contributed by atoms with E-state index in [2.05, 4.69) is 0 Å². The van der Waals surface area contributed by atoms with E-state index in [1.54, 1.807) is 0 Å². The van der Waals surface area contributed by atoms with Crippen molar-refractivity contribution in [2.45, 2.75) is 24.9 Å². The first-order chi connectivity index (χ1) is 17.1. The molecule has 0 bridgehead atoms. The molecule has 3 saturated heterocycles. The second kappa shape index (κ2) is 9.93. The Hall–Kier alpha value is -2.20. The van der Waals surface area contributed by atoms with Gasteiger partial charge in [-0.25, -0.2) is 9.80 Å².